The van der Waals surface area contributed by atoms with Crippen molar-refractivity contribution in [3.8, 4) is 0 Å². The third kappa shape index (κ3) is 34.6. The van der Waals surface area contributed by atoms with E-state index in [1.165, 1.54) is 18.7 Å². The van der Waals surface area contributed by atoms with Crippen molar-refractivity contribution in [2.45, 2.75) is 187 Å². The summed E-state index contributed by atoms with van der Waals surface area (Å²) in [6.45, 7) is 13.4. The standard InChI is InChI=1S/C56H103N19O16S2/c1-26(2)20-35(47(83)72-38(25-92)50(86)74-42(29(7)8)52(88)69-34(15-13-18-63-56(60)61)46(82)68-33(14-12-17-62-55(58)59)45(81)66-30(9)54(90)91)71-53(89)43(31(10)77)75-49(85)37(24-76)67-40(79)23-64-39(78)22-65-51(87)41(28(5)6)73-48(84)36(21-27(3)4)70-44(80)32(57)16-19-93-11/h26-38,41-43,76-77,92H,12-25,57H2,1-11H3,(H,64,78)(H,65,87)(H,66,81)(H,67,79)(H,68,82)(H,69,88)(H,70,80)(H,71,89)(H,72,83)(H,73,84)(H,74,86)(H,75,85)(H,90,91)(H4,58,59,62)(H4,60,61,63)/t30-,31+,32-,33-,34-,35-,36-,37-,38-,41-,42-,43-/m0/s1. The van der Waals surface area contributed by atoms with E-state index in [4.69, 9.17) is 28.7 Å². The molecule has 0 spiro atoms. The van der Waals surface area contributed by atoms with Gasteiger partial charge in [-0.25, -0.2) is 0 Å². The van der Waals surface area contributed by atoms with Crippen LogP contribution in [0.3, 0.4) is 0 Å². The number of thiol groups is 1. The number of guanidine groups is 2. The third-order valence-electron chi connectivity index (χ3n) is 13.6. The van der Waals surface area contributed by atoms with Gasteiger partial charge in [0.05, 0.1) is 31.8 Å². The summed E-state index contributed by atoms with van der Waals surface area (Å²) in [4.78, 5) is 181. The molecule has 0 aromatic carbocycles. The van der Waals surface area contributed by atoms with Crippen molar-refractivity contribution < 1.29 is 77.6 Å². The maximum absolute atomic E-state index is 14.1. The minimum atomic E-state index is -1.83. The summed E-state index contributed by atoms with van der Waals surface area (Å²) < 4.78 is 0. The fourth-order valence-corrected chi connectivity index (χ4v) is 9.18. The van der Waals surface area contributed by atoms with E-state index in [-0.39, 0.29) is 81.1 Å². The van der Waals surface area contributed by atoms with Gasteiger partial charge in [0.2, 0.25) is 70.9 Å². The molecule has 0 fully saturated rings. The van der Waals surface area contributed by atoms with E-state index in [1.807, 2.05) is 20.1 Å². The first-order valence-electron chi connectivity index (χ1n) is 30.5. The molecule has 0 aliphatic heterocycles. The molecule has 0 aromatic heterocycles. The number of hydrogen-bond donors (Lipinski definition) is 21. The van der Waals surface area contributed by atoms with E-state index in [0.717, 1.165) is 6.92 Å². The number of carbonyl (C=O) groups is 13. The first-order chi connectivity index (χ1) is 43.4. The molecule has 0 bridgehead atoms. The zero-order valence-corrected chi connectivity index (χ0v) is 56.6. The number of carbonyl (C=O) groups excluding carboxylic acids is 12. The summed E-state index contributed by atoms with van der Waals surface area (Å²) in [6.07, 6.45) is 0.818. The number of nitrogens with zero attached hydrogens (tertiary/aromatic N) is 2. The molecule has 25 N–H and O–H groups in total. The molecule has 35 nitrogen and oxygen atoms in total. The van der Waals surface area contributed by atoms with Crippen LogP contribution in [0.1, 0.15) is 114 Å². The number of nitrogens with two attached hydrogens (primary N) is 5. The number of hydrogen-bond acceptors (Lipinski definition) is 20. The minimum Gasteiger partial charge on any atom is -0.480 e. The SMILES string of the molecule is CSCC[C@H](N)C(=O)N[C@@H](CC(C)C)C(=O)N[C@H](C(=O)NCC(=O)NCC(=O)N[C@@H](CO)C(=O)N[C@H](C(=O)N[C@@H](CC(C)C)C(=O)N[C@@H](CS)C(=O)N[C@H](C(=O)N[C@@H](CCCN=C(N)N)C(=O)N[C@@H](CCCN=C(N)N)C(=O)N[C@@H](C)C(=O)O)C(C)C)[C@@H](C)O)C(C)C. The van der Waals surface area contributed by atoms with Crippen molar-refractivity contribution in [3.63, 3.8) is 0 Å². The van der Waals surface area contributed by atoms with Crippen LogP contribution in [-0.4, -0.2) is 227 Å². The molecule has 530 valence electrons. The van der Waals surface area contributed by atoms with Gasteiger partial charge in [-0.05, 0) is 94.5 Å². The Morgan fingerprint density at radius 2 is 0.849 bits per heavy atom. The number of aliphatic hydroxyl groups excluding tert-OH is 2. The van der Waals surface area contributed by atoms with E-state index in [2.05, 4.69) is 86.4 Å². The summed E-state index contributed by atoms with van der Waals surface area (Å²) in [5.74, 6) is -13.7. The lowest BCUT2D eigenvalue weighted by molar-refractivity contribution is -0.142. The Bertz CT molecular complexity index is 2560. The number of rotatable bonds is 45. The van der Waals surface area contributed by atoms with Gasteiger partial charge in [0.1, 0.15) is 60.4 Å². The molecular formula is C56H103N19O16S2. The number of aliphatic carboxylic acids is 1. The summed E-state index contributed by atoms with van der Waals surface area (Å²) in [7, 11) is 0. The summed E-state index contributed by atoms with van der Waals surface area (Å²) in [5, 5.41) is 59.5. The van der Waals surface area contributed by atoms with Crippen molar-refractivity contribution >= 4 is 113 Å². The van der Waals surface area contributed by atoms with Crippen molar-refractivity contribution in [1.29, 1.82) is 0 Å². The molecule has 0 radical (unpaired) electrons. The fourth-order valence-electron chi connectivity index (χ4n) is 8.44. The lowest BCUT2D eigenvalue weighted by Gasteiger charge is -2.29. The van der Waals surface area contributed by atoms with Crippen molar-refractivity contribution in [2.75, 3.05) is 50.5 Å². The number of carboxylic acid groups (broad SMARTS) is 1. The highest BCUT2D eigenvalue weighted by Gasteiger charge is 2.37. The van der Waals surface area contributed by atoms with Gasteiger partial charge < -0.3 is 108 Å². The van der Waals surface area contributed by atoms with Crippen LogP contribution >= 0.6 is 24.4 Å². The van der Waals surface area contributed by atoms with Gasteiger partial charge in [0.15, 0.2) is 11.9 Å². The molecule has 0 saturated carbocycles. The highest BCUT2D eigenvalue weighted by atomic mass is 32.2. The van der Waals surface area contributed by atoms with Gasteiger partial charge in [0.25, 0.3) is 0 Å². The molecular weight excluding hydrogens is 1260 g/mol. The molecule has 0 aliphatic carbocycles. The van der Waals surface area contributed by atoms with Gasteiger partial charge in [-0.15, -0.1) is 0 Å². The zero-order chi connectivity index (χ0) is 71.4. The van der Waals surface area contributed by atoms with Crippen molar-refractivity contribution in [1.82, 2.24) is 63.8 Å². The monoisotopic (exact) mass is 1360 g/mol. The van der Waals surface area contributed by atoms with Crippen LogP contribution in [0.2, 0.25) is 0 Å². The summed E-state index contributed by atoms with van der Waals surface area (Å²) in [5.41, 5.74) is 27.8. The van der Waals surface area contributed by atoms with Gasteiger partial charge in [-0.1, -0.05) is 55.4 Å². The smallest absolute Gasteiger partial charge is 0.325 e. The Morgan fingerprint density at radius 3 is 1.29 bits per heavy atom. The van der Waals surface area contributed by atoms with Crippen LogP contribution in [0.15, 0.2) is 9.98 Å². The van der Waals surface area contributed by atoms with E-state index in [1.54, 1.807) is 41.5 Å². The molecule has 93 heavy (non-hydrogen) atoms. The fraction of sp³-hybridized carbons (Fsp3) is 0.732. The Hall–Kier alpha value is -7.77. The third-order valence-corrected chi connectivity index (χ3v) is 14.6. The molecule has 0 unspecified atom stereocenters. The Balaban J connectivity index is 6.17. The second kappa shape index (κ2) is 44.7. The van der Waals surface area contributed by atoms with Gasteiger partial charge >= 0.3 is 5.97 Å². The average molecular weight is 1360 g/mol. The van der Waals surface area contributed by atoms with E-state index >= 15 is 0 Å². The predicted octanol–water partition coefficient (Wildman–Crippen LogP) is -6.93. The number of thioether (sulfide) groups is 1. The second-order valence-corrected chi connectivity index (χ2v) is 24.9. The van der Waals surface area contributed by atoms with Gasteiger partial charge in [-0.2, -0.15) is 24.4 Å². The van der Waals surface area contributed by atoms with Crippen LogP contribution in [0, 0.1) is 23.7 Å². The first kappa shape index (κ1) is 85.2. The molecule has 0 aliphatic rings. The summed E-state index contributed by atoms with van der Waals surface area (Å²) >= 11 is 5.76. The maximum Gasteiger partial charge on any atom is 0.325 e. The van der Waals surface area contributed by atoms with E-state index < -0.39 is 181 Å². The van der Waals surface area contributed by atoms with Crippen molar-refractivity contribution in [3.05, 3.63) is 0 Å². The molecule has 0 rings (SSSR count). The molecule has 0 heterocycles. The first-order valence-corrected chi connectivity index (χ1v) is 32.5. The molecule has 37 heteroatoms. The van der Waals surface area contributed by atoms with Crippen LogP contribution in [0.25, 0.3) is 0 Å². The average Bonchev–Trinajstić information content (AvgIpc) is 1.14. The number of carboxylic acids is 1. The van der Waals surface area contributed by atoms with E-state index in [9.17, 15) is 77.6 Å². The van der Waals surface area contributed by atoms with Crippen LogP contribution in [0.5, 0.6) is 0 Å². The highest BCUT2D eigenvalue weighted by Crippen LogP contribution is 2.13. The van der Waals surface area contributed by atoms with Crippen molar-refractivity contribution in [2.24, 2.45) is 62.3 Å². The number of amides is 12. The molecule has 0 saturated heterocycles. The minimum absolute atomic E-state index is 0.00982. The Morgan fingerprint density at radius 1 is 0.462 bits per heavy atom. The number of aliphatic hydroxyl groups is 2. The lowest BCUT2D eigenvalue weighted by atomic mass is 9.99. The van der Waals surface area contributed by atoms with Crippen LogP contribution in [-0.2, 0) is 62.3 Å². The maximum atomic E-state index is 14.1. The van der Waals surface area contributed by atoms with E-state index in [0.29, 0.717) is 12.2 Å². The normalized spacial score (nSPS) is 15.0. The molecule has 12 atom stereocenters. The van der Waals surface area contributed by atoms with Crippen LogP contribution < -0.4 is 92.5 Å². The second-order valence-electron chi connectivity index (χ2n) is 23.6. The predicted molar refractivity (Wildman–Crippen MR) is 351 cm³/mol. The van der Waals surface area contributed by atoms with Gasteiger partial charge in [0, 0.05) is 18.8 Å². The highest BCUT2D eigenvalue weighted by molar-refractivity contribution is 7.98. The number of nitrogens with one attached hydrogen (secondary N) is 12. The van der Waals surface area contributed by atoms with Crippen LogP contribution in [0.4, 0.5) is 0 Å². The Labute approximate surface area is 552 Å². The zero-order valence-electron chi connectivity index (χ0n) is 54.9. The molecule has 0 aromatic rings. The van der Waals surface area contributed by atoms with Gasteiger partial charge in [-0.3, -0.25) is 72.3 Å². The quantitative estimate of drug-likeness (QED) is 0.0117. The topological polar surface area (TPSA) is 582 Å². The largest absolute Gasteiger partial charge is 0.480 e. The lowest BCUT2D eigenvalue weighted by Crippen LogP contribution is -2.62. The number of aliphatic imine (C=N–C) groups is 2. The molecule has 12 amide bonds. The Kier molecular flexibility index (Phi) is 41.0. The summed E-state index contributed by atoms with van der Waals surface area (Å²) in [6, 6.07) is -15.0.